The Morgan fingerprint density at radius 2 is 2.09 bits per heavy atom. The zero-order chi connectivity index (χ0) is 7.84. The summed E-state index contributed by atoms with van der Waals surface area (Å²) in [5.41, 5.74) is 9.48. The molecule has 1 aromatic carbocycles. The van der Waals surface area contributed by atoms with Crippen molar-refractivity contribution in [2.75, 3.05) is 5.73 Å². The maximum absolute atomic E-state index is 5.79. The third-order valence-electron chi connectivity index (χ3n) is 2.43. The fraction of sp³-hybridized carbons (Fsp3) is 0.400. The molecule has 0 atom stereocenters. The van der Waals surface area contributed by atoms with Crippen LogP contribution in [0.3, 0.4) is 0 Å². The van der Waals surface area contributed by atoms with Crippen molar-refractivity contribution in [3.05, 3.63) is 29.3 Å². The summed E-state index contributed by atoms with van der Waals surface area (Å²) < 4.78 is 0. The summed E-state index contributed by atoms with van der Waals surface area (Å²) in [4.78, 5) is 0. The molecule has 11 heavy (non-hydrogen) atoms. The van der Waals surface area contributed by atoms with Gasteiger partial charge in [-0.2, -0.15) is 0 Å². The maximum atomic E-state index is 5.79. The lowest BCUT2D eigenvalue weighted by Crippen LogP contribution is -1.93. The summed E-state index contributed by atoms with van der Waals surface area (Å²) >= 11 is 0. The molecular formula is C10H13N. The highest BCUT2D eigenvalue weighted by Gasteiger charge is 2.25. The number of nitrogens with two attached hydrogens (primary N) is 1. The predicted molar refractivity (Wildman–Crippen MR) is 47.6 cm³/mol. The Labute approximate surface area is 67.2 Å². The van der Waals surface area contributed by atoms with Crippen LogP contribution in [-0.2, 0) is 0 Å². The van der Waals surface area contributed by atoms with E-state index in [9.17, 15) is 0 Å². The second kappa shape index (κ2) is 2.26. The van der Waals surface area contributed by atoms with E-state index >= 15 is 0 Å². The predicted octanol–water partition coefficient (Wildman–Crippen LogP) is 2.45. The van der Waals surface area contributed by atoms with E-state index < -0.39 is 0 Å². The molecule has 0 aromatic heterocycles. The zero-order valence-corrected chi connectivity index (χ0v) is 6.80. The molecule has 0 amide bonds. The van der Waals surface area contributed by atoms with Crippen LogP contribution in [-0.4, -0.2) is 0 Å². The van der Waals surface area contributed by atoms with Crippen molar-refractivity contribution in [3.63, 3.8) is 0 Å². The summed E-state index contributed by atoms with van der Waals surface area (Å²) in [6.07, 6.45) is 2.70. The Hall–Kier alpha value is -0.980. The monoisotopic (exact) mass is 147 g/mol. The molecule has 1 aliphatic rings. The second-order valence-electron chi connectivity index (χ2n) is 3.34. The molecule has 1 fully saturated rings. The number of nitrogen functional groups attached to an aromatic ring is 1. The largest absolute Gasteiger partial charge is 0.399 e. The van der Waals surface area contributed by atoms with Crippen molar-refractivity contribution in [2.24, 2.45) is 0 Å². The molecule has 1 heteroatoms. The molecule has 2 N–H and O–H groups in total. The first kappa shape index (κ1) is 6.71. The molecule has 0 saturated heterocycles. The molecule has 1 aliphatic carbocycles. The Morgan fingerprint density at radius 3 is 2.73 bits per heavy atom. The first-order chi connectivity index (χ1) is 5.29. The normalized spacial score (nSPS) is 16.8. The molecule has 0 heterocycles. The number of hydrogen-bond donors (Lipinski definition) is 1. The van der Waals surface area contributed by atoms with E-state index in [1.165, 1.54) is 24.0 Å². The summed E-state index contributed by atoms with van der Waals surface area (Å²) in [5, 5.41) is 0. The lowest BCUT2D eigenvalue weighted by atomic mass is 10.0. The van der Waals surface area contributed by atoms with Crippen molar-refractivity contribution in [2.45, 2.75) is 25.7 Å². The SMILES string of the molecule is Cc1c(N)cccc1C1CC1. The van der Waals surface area contributed by atoms with E-state index in [-0.39, 0.29) is 0 Å². The van der Waals surface area contributed by atoms with Gasteiger partial charge in [-0.3, -0.25) is 0 Å². The van der Waals surface area contributed by atoms with Gasteiger partial charge in [0.2, 0.25) is 0 Å². The molecule has 0 radical (unpaired) electrons. The van der Waals surface area contributed by atoms with Crippen LogP contribution in [0, 0.1) is 6.92 Å². The van der Waals surface area contributed by atoms with Gasteiger partial charge in [0.15, 0.2) is 0 Å². The smallest absolute Gasteiger partial charge is 0.0346 e. The summed E-state index contributed by atoms with van der Waals surface area (Å²) in [6.45, 7) is 2.11. The molecule has 0 unspecified atom stereocenters. The first-order valence-corrected chi connectivity index (χ1v) is 4.14. The Morgan fingerprint density at radius 1 is 1.36 bits per heavy atom. The lowest BCUT2D eigenvalue weighted by molar-refractivity contribution is 1.10. The second-order valence-corrected chi connectivity index (χ2v) is 3.34. The highest BCUT2D eigenvalue weighted by atomic mass is 14.6. The van der Waals surface area contributed by atoms with E-state index in [0.29, 0.717) is 0 Å². The van der Waals surface area contributed by atoms with Crippen LogP contribution in [0.4, 0.5) is 5.69 Å². The molecule has 1 aromatic rings. The van der Waals surface area contributed by atoms with Crippen LogP contribution in [0.5, 0.6) is 0 Å². The van der Waals surface area contributed by atoms with Crippen LogP contribution in [0.25, 0.3) is 0 Å². The van der Waals surface area contributed by atoms with Gasteiger partial charge in [-0.1, -0.05) is 12.1 Å². The molecule has 58 valence electrons. The van der Waals surface area contributed by atoms with E-state index in [4.69, 9.17) is 5.73 Å². The van der Waals surface area contributed by atoms with Crippen molar-refractivity contribution >= 4 is 5.69 Å². The Bertz CT molecular complexity index is 274. The van der Waals surface area contributed by atoms with Crippen LogP contribution in [0.1, 0.15) is 29.9 Å². The zero-order valence-electron chi connectivity index (χ0n) is 6.80. The molecule has 1 saturated carbocycles. The highest BCUT2D eigenvalue weighted by molar-refractivity contribution is 5.51. The standard InChI is InChI=1S/C10H13N/c1-7-9(8-5-6-8)3-2-4-10(7)11/h2-4,8H,5-6,11H2,1H3. The van der Waals surface area contributed by atoms with Gasteiger partial charge in [-0.05, 0) is 42.9 Å². The van der Waals surface area contributed by atoms with Gasteiger partial charge >= 0.3 is 0 Å². The van der Waals surface area contributed by atoms with Crippen LogP contribution in [0.15, 0.2) is 18.2 Å². The van der Waals surface area contributed by atoms with Gasteiger partial charge in [0.1, 0.15) is 0 Å². The quantitative estimate of drug-likeness (QED) is 0.607. The summed E-state index contributed by atoms with van der Waals surface area (Å²) in [6, 6.07) is 6.22. The number of hydrogen-bond acceptors (Lipinski definition) is 1. The van der Waals surface area contributed by atoms with Gasteiger partial charge in [-0.25, -0.2) is 0 Å². The van der Waals surface area contributed by atoms with Gasteiger partial charge < -0.3 is 5.73 Å². The average Bonchev–Trinajstić information content (AvgIpc) is 2.77. The van der Waals surface area contributed by atoms with E-state index in [2.05, 4.69) is 19.1 Å². The van der Waals surface area contributed by atoms with Gasteiger partial charge in [0, 0.05) is 5.69 Å². The van der Waals surface area contributed by atoms with Crippen molar-refractivity contribution in [3.8, 4) is 0 Å². The minimum atomic E-state index is 0.818. The van der Waals surface area contributed by atoms with Gasteiger partial charge in [0.05, 0.1) is 0 Å². The minimum absolute atomic E-state index is 0.818. The van der Waals surface area contributed by atoms with Crippen LogP contribution in [0.2, 0.25) is 0 Å². The van der Waals surface area contributed by atoms with E-state index in [0.717, 1.165) is 11.6 Å². The molecule has 0 bridgehead atoms. The summed E-state index contributed by atoms with van der Waals surface area (Å²) in [7, 11) is 0. The first-order valence-electron chi connectivity index (χ1n) is 4.14. The van der Waals surface area contributed by atoms with Crippen molar-refractivity contribution in [1.29, 1.82) is 0 Å². The number of rotatable bonds is 1. The molecule has 0 spiro atoms. The minimum Gasteiger partial charge on any atom is -0.399 e. The van der Waals surface area contributed by atoms with Crippen LogP contribution >= 0.6 is 0 Å². The van der Waals surface area contributed by atoms with Crippen LogP contribution < -0.4 is 5.73 Å². The Kier molecular flexibility index (Phi) is 1.38. The van der Waals surface area contributed by atoms with Gasteiger partial charge in [0.25, 0.3) is 0 Å². The summed E-state index contributed by atoms with van der Waals surface area (Å²) in [5.74, 6) is 0.818. The number of benzene rings is 1. The van der Waals surface area contributed by atoms with Crippen molar-refractivity contribution in [1.82, 2.24) is 0 Å². The van der Waals surface area contributed by atoms with E-state index in [1.54, 1.807) is 0 Å². The van der Waals surface area contributed by atoms with E-state index in [1.807, 2.05) is 6.07 Å². The molecule has 0 aliphatic heterocycles. The fourth-order valence-electron chi connectivity index (χ4n) is 1.51. The average molecular weight is 147 g/mol. The fourth-order valence-corrected chi connectivity index (χ4v) is 1.51. The molecule has 1 nitrogen and oxygen atoms in total. The van der Waals surface area contributed by atoms with Crippen molar-refractivity contribution < 1.29 is 0 Å². The topological polar surface area (TPSA) is 26.0 Å². The van der Waals surface area contributed by atoms with Gasteiger partial charge in [-0.15, -0.1) is 0 Å². The number of anilines is 1. The third kappa shape index (κ3) is 1.11. The maximum Gasteiger partial charge on any atom is 0.0346 e. The molecular weight excluding hydrogens is 134 g/mol. The third-order valence-corrected chi connectivity index (χ3v) is 2.43. The molecule has 2 rings (SSSR count). The highest BCUT2D eigenvalue weighted by Crippen LogP contribution is 2.42. The lowest BCUT2D eigenvalue weighted by Gasteiger charge is -2.05. The Balaban J connectivity index is 2.45.